The number of carbonyl (C=O) groups is 1. The van der Waals surface area contributed by atoms with Crippen LogP contribution in [0.3, 0.4) is 0 Å². The Bertz CT molecular complexity index is 473. The van der Waals surface area contributed by atoms with Crippen LogP contribution in [0.15, 0.2) is 18.2 Å². The number of ether oxygens (including phenoxy) is 1. The summed E-state index contributed by atoms with van der Waals surface area (Å²) in [4.78, 5) is 12.1. The highest BCUT2D eigenvalue weighted by Crippen LogP contribution is 2.22. The second kappa shape index (κ2) is 6.70. The number of carbonyl (C=O) groups excluding carboxylic acids is 1. The van der Waals surface area contributed by atoms with Gasteiger partial charge in [-0.15, -0.1) is 0 Å². The van der Waals surface area contributed by atoms with Gasteiger partial charge >= 0.3 is 0 Å². The fraction of sp³-hybridized carbons (Fsp3) is 0.533. The lowest BCUT2D eigenvalue weighted by atomic mass is 9.98. The number of hydrogen-bond donors (Lipinski definition) is 2. The molecule has 1 fully saturated rings. The molecule has 1 amide bonds. The van der Waals surface area contributed by atoms with Gasteiger partial charge in [-0.25, -0.2) is 4.39 Å². The Balaban J connectivity index is 1.98. The first-order chi connectivity index (χ1) is 9.61. The van der Waals surface area contributed by atoms with E-state index < -0.39 is 5.82 Å². The number of rotatable bonds is 4. The summed E-state index contributed by atoms with van der Waals surface area (Å²) in [5.74, 6) is -0.163. The molecule has 0 spiro atoms. The summed E-state index contributed by atoms with van der Waals surface area (Å²) in [6.45, 7) is 3.55. The third-order valence-corrected chi connectivity index (χ3v) is 3.70. The van der Waals surface area contributed by atoms with Crippen molar-refractivity contribution >= 4 is 5.91 Å². The third kappa shape index (κ3) is 3.48. The topological polar surface area (TPSA) is 50.4 Å². The molecule has 2 atom stereocenters. The van der Waals surface area contributed by atoms with Gasteiger partial charge in [0.1, 0.15) is 0 Å². The first-order valence-electron chi connectivity index (χ1n) is 6.96. The van der Waals surface area contributed by atoms with Gasteiger partial charge in [-0.1, -0.05) is 6.07 Å². The van der Waals surface area contributed by atoms with Crippen molar-refractivity contribution in [2.24, 2.45) is 5.92 Å². The Hall–Kier alpha value is -1.62. The van der Waals surface area contributed by atoms with E-state index in [4.69, 9.17) is 4.74 Å². The van der Waals surface area contributed by atoms with Gasteiger partial charge in [0.05, 0.1) is 19.1 Å². The molecule has 5 heteroatoms. The van der Waals surface area contributed by atoms with Gasteiger partial charge < -0.3 is 15.4 Å². The van der Waals surface area contributed by atoms with Crippen molar-refractivity contribution in [2.45, 2.75) is 25.8 Å². The summed E-state index contributed by atoms with van der Waals surface area (Å²) in [5, 5.41) is 6.16. The second-order valence-corrected chi connectivity index (χ2v) is 5.17. The summed E-state index contributed by atoms with van der Waals surface area (Å²) in [7, 11) is 1.43. The van der Waals surface area contributed by atoms with Crippen LogP contribution in [0.5, 0.6) is 5.75 Å². The van der Waals surface area contributed by atoms with Gasteiger partial charge in [-0.05, 0) is 44.0 Å². The van der Waals surface area contributed by atoms with Gasteiger partial charge in [0.25, 0.3) is 0 Å². The standard InChI is InChI=1S/C15H21FN2O2/c1-10(11-5-6-14(20-2)13(16)8-11)18-15(19)12-4-3-7-17-9-12/h5-6,8,10,12,17H,3-4,7,9H2,1-2H3,(H,18,19). The minimum absolute atomic E-state index is 0.00861. The van der Waals surface area contributed by atoms with E-state index in [1.807, 2.05) is 6.92 Å². The van der Waals surface area contributed by atoms with Gasteiger partial charge in [0.15, 0.2) is 11.6 Å². The van der Waals surface area contributed by atoms with Crippen LogP contribution in [0.2, 0.25) is 0 Å². The van der Waals surface area contributed by atoms with E-state index in [9.17, 15) is 9.18 Å². The van der Waals surface area contributed by atoms with Gasteiger partial charge in [-0.3, -0.25) is 4.79 Å². The van der Waals surface area contributed by atoms with Crippen LogP contribution < -0.4 is 15.4 Å². The highest BCUT2D eigenvalue weighted by molar-refractivity contribution is 5.79. The van der Waals surface area contributed by atoms with Gasteiger partial charge in [-0.2, -0.15) is 0 Å². The molecule has 20 heavy (non-hydrogen) atoms. The molecule has 1 aromatic rings. The van der Waals surface area contributed by atoms with Crippen molar-refractivity contribution in [3.8, 4) is 5.75 Å². The number of methoxy groups -OCH3 is 1. The zero-order valence-corrected chi connectivity index (χ0v) is 11.9. The molecule has 0 bridgehead atoms. The Morgan fingerprint density at radius 2 is 2.35 bits per heavy atom. The maximum atomic E-state index is 13.7. The number of nitrogens with one attached hydrogen (secondary N) is 2. The van der Waals surface area contributed by atoms with Crippen molar-refractivity contribution < 1.29 is 13.9 Å². The van der Waals surface area contributed by atoms with Crippen LogP contribution in [-0.2, 0) is 4.79 Å². The second-order valence-electron chi connectivity index (χ2n) is 5.17. The normalized spacial score (nSPS) is 20.2. The molecule has 2 rings (SSSR count). The van der Waals surface area contributed by atoms with Crippen LogP contribution >= 0.6 is 0 Å². The maximum Gasteiger partial charge on any atom is 0.224 e. The molecule has 1 aromatic carbocycles. The van der Waals surface area contributed by atoms with E-state index in [0.29, 0.717) is 0 Å². The molecule has 0 aliphatic carbocycles. The summed E-state index contributed by atoms with van der Waals surface area (Å²) in [6, 6.07) is 4.54. The Morgan fingerprint density at radius 3 is 2.95 bits per heavy atom. The molecule has 0 radical (unpaired) electrons. The average molecular weight is 280 g/mol. The predicted octanol–water partition coefficient (Wildman–Crippen LogP) is 2.01. The molecular formula is C15H21FN2O2. The predicted molar refractivity (Wildman–Crippen MR) is 75.1 cm³/mol. The van der Waals surface area contributed by atoms with Gasteiger partial charge in [0.2, 0.25) is 5.91 Å². The lowest BCUT2D eigenvalue weighted by Gasteiger charge is -2.24. The Morgan fingerprint density at radius 1 is 1.55 bits per heavy atom. The molecule has 4 nitrogen and oxygen atoms in total. The van der Waals surface area contributed by atoms with Crippen molar-refractivity contribution in [2.75, 3.05) is 20.2 Å². The highest BCUT2D eigenvalue weighted by Gasteiger charge is 2.22. The fourth-order valence-corrected chi connectivity index (χ4v) is 2.44. The first-order valence-corrected chi connectivity index (χ1v) is 6.96. The maximum absolute atomic E-state index is 13.7. The lowest BCUT2D eigenvalue weighted by molar-refractivity contribution is -0.126. The molecule has 1 heterocycles. The Kier molecular flexibility index (Phi) is 4.95. The van der Waals surface area contributed by atoms with E-state index in [2.05, 4.69) is 10.6 Å². The van der Waals surface area contributed by atoms with Crippen LogP contribution in [0.25, 0.3) is 0 Å². The number of hydrogen-bond acceptors (Lipinski definition) is 3. The fourth-order valence-electron chi connectivity index (χ4n) is 2.44. The van der Waals surface area contributed by atoms with Crippen LogP contribution in [0, 0.1) is 11.7 Å². The van der Waals surface area contributed by atoms with Crippen molar-refractivity contribution in [1.82, 2.24) is 10.6 Å². The molecule has 2 N–H and O–H groups in total. The molecule has 1 aliphatic heterocycles. The molecule has 0 saturated carbocycles. The average Bonchev–Trinajstić information content (AvgIpc) is 2.48. The number of benzene rings is 1. The summed E-state index contributed by atoms with van der Waals surface area (Å²) >= 11 is 0. The quantitative estimate of drug-likeness (QED) is 0.887. The zero-order valence-electron chi connectivity index (χ0n) is 11.9. The van der Waals surface area contributed by atoms with Gasteiger partial charge in [0, 0.05) is 6.54 Å². The van der Waals surface area contributed by atoms with E-state index in [1.54, 1.807) is 12.1 Å². The molecule has 1 aliphatic rings. The lowest BCUT2D eigenvalue weighted by Crippen LogP contribution is -2.41. The largest absolute Gasteiger partial charge is 0.494 e. The van der Waals surface area contributed by atoms with E-state index in [-0.39, 0.29) is 23.6 Å². The van der Waals surface area contributed by atoms with Crippen LogP contribution in [-0.4, -0.2) is 26.1 Å². The zero-order chi connectivity index (χ0) is 14.5. The third-order valence-electron chi connectivity index (χ3n) is 3.70. The minimum Gasteiger partial charge on any atom is -0.494 e. The monoisotopic (exact) mass is 280 g/mol. The SMILES string of the molecule is COc1ccc(C(C)NC(=O)C2CCCNC2)cc1F. The van der Waals surface area contributed by atoms with E-state index >= 15 is 0 Å². The smallest absolute Gasteiger partial charge is 0.224 e. The molecule has 0 aromatic heterocycles. The highest BCUT2D eigenvalue weighted by atomic mass is 19.1. The van der Waals surface area contributed by atoms with E-state index in [0.717, 1.165) is 31.5 Å². The van der Waals surface area contributed by atoms with Crippen LogP contribution in [0.4, 0.5) is 4.39 Å². The van der Waals surface area contributed by atoms with Crippen molar-refractivity contribution in [3.63, 3.8) is 0 Å². The summed E-state index contributed by atoms with van der Waals surface area (Å²) in [6.07, 6.45) is 1.92. The molecule has 2 unspecified atom stereocenters. The molecule has 110 valence electrons. The molecule has 1 saturated heterocycles. The minimum atomic E-state index is -0.412. The number of halogens is 1. The Labute approximate surface area is 118 Å². The number of amides is 1. The number of piperidine rings is 1. The molecular weight excluding hydrogens is 259 g/mol. The van der Waals surface area contributed by atoms with Crippen molar-refractivity contribution in [1.29, 1.82) is 0 Å². The first kappa shape index (κ1) is 14.8. The summed E-state index contributed by atoms with van der Waals surface area (Å²) < 4.78 is 18.5. The van der Waals surface area contributed by atoms with Crippen LogP contribution in [0.1, 0.15) is 31.4 Å². The van der Waals surface area contributed by atoms with E-state index in [1.165, 1.54) is 13.2 Å². The van der Waals surface area contributed by atoms with Crippen molar-refractivity contribution in [3.05, 3.63) is 29.6 Å². The summed E-state index contributed by atoms with van der Waals surface area (Å²) in [5.41, 5.74) is 0.736.